The molecule has 0 saturated carbocycles. The fourth-order valence-electron chi connectivity index (χ4n) is 1.50. The average Bonchev–Trinajstić information content (AvgIpc) is 2.87. The van der Waals surface area contributed by atoms with E-state index in [0.29, 0.717) is 5.56 Å². The Bertz CT molecular complexity index is 648. The number of benzene rings is 1. The Morgan fingerprint density at radius 2 is 2.20 bits per heavy atom. The van der Waals surface area contributed by atoms with E-state index in [2.05, 4.69) is 20.4 Å². The van der Waals surface area contributed by atoms with Gasteiger partial charge in [-0.1, -0.05) is 35.8 Å². The zero-order valence-corrected chi connectivity index (χ0v) is 10.2. The molecular weight excluding hydrogens is 262 g/mol. The van der Waals surface area contributed by atoms with E-state index in [4.69, 9.17) is 5.73 Å². The van der Waals surface area contributed by atoms with Gasteiger partial charge in [0.1, 0.15) is 0 Å². The summed E-state index contributed by atoms with van der Waals surface area (Å²) in [6.45, 7) is 0. The predicted octanol–water partition coefficient (Wildman–Crippen LogP) is 0.507. The summed E-state index contributed by atoms with van der Waals surface area (Å²) in [5.41, 5.74) is 9.30. The van der Waals surface area contributed by atoms with Crippen molar-refractivity contribution >= 4 is 12.2 Å². The van der Waals surface area contributed by atoms with Crippen LogP contribution >= 0.6 is 0 Å². The molecule has 0 unspecified atom stereocenters. The van der Waals surface area contributed by atoms with Crippen LogP contribution in [0, 0.1) is 10.1 Å². The molecule has 9 heteroatoms. The Labute approximate surface area is 113 Å². The lowest BCUT2D eigenvalue weighted by atomic mass is 10.1. The standard InChI is InChI=1S/C11H11N7O2/c12-11(17-18(19)20)16-14-7-9-6-13-15-10(9)8-4-2-1-3-5-8/h1-7H,(H,13,15)(H3,12,16,17)/b14-7+. The van der Waals surface area contributed by atoms with Gasteiger partial charge < -0.3 is 5.73 Å². The third-order valence-electron chi connectivity index (χ3n) is 2.30. The SMILES string of the molecule is NC(=N/N=C/c1cn[nH]c1-c1ccccc1)N[N+](=O)[O-]. The second-order valence-corrected chi connectivity index (χ2v) is 3.67. The van der Waals surface area contributed by atoms with Gasteiger partial charge in [-0.15, -0.1) is 5.10 Å². The van der Waals surface area contributed by atoms with E-state index in [1.807, 2.05) is 30.3 Å². The summed E-state index contributed by atoms with van der Waals surface area (Å²) in [7, 11) is 0. The van der Waals surface area contributed by atoms with Gasteiger partial charge in [-0.25, -0.2) is 10.1 Å². The zero-order chi connectivity index (χ0) is 14.4. The van der Waals surface area contributed by atoms with Crippen LogP contribution in [0.15, 0.2) is 46.7 Å². The second kappa shape index (κ2) is 6.09. The molecule has 102 valence electrons. The molecule has 0 fully saturated rings. The van der Waals surface area contributed by atoms with Crippen molar-refractivity contribution in [3.05, 3.63) is 52.2 Å². The van der Waals surface area contributed by atoms with Crippen molar-refractivity contribution in [2.75, 3.05) is 0 Å². The smallest absolute Gasteiger partial charge is 0.275 e. The van der Waals surface area contributed by atoms with E-state index in [-0.39, 0.29) is 0 Å². The zero-order valence-electron chi connectivity index (χ0n) is 10.2. The minimum atomic E-state index is -0.818. The van der Waals surface area contributed by atoms with Crippen molar-refractivity contribution in [1.82, 2.24) is 15.6 Å². The number of hydrogen-bond acceptors (Lipinski definition) is 5. The number of aromatic amines is 1. The average molecular weight is 273 g/mol. The van der Waals surface area contributed by atoms with E-state index in [1.54, 1.807) is 11.6 Å². The maximum absolute atomic E-state index is 10.1. The quantitative estimate of drug-likeness (QED) is 0.323. The number of aromatic nitrogens is 2. The number of hydrogen-bond donors (Lipinski definition) is 3. The molecule has 0 aliphatic heterocycles. The highest BCUT2D eigenvalue weighted by Gasteiger charge is 2.05. The molecule has 0 atom stereocenters. The maximum Gasteiger partial charge on any atom is 0.275 e. The summed E-state index contributed by atoms with van der Waals surface area (Å²) in [6.07, 6.45) is 2.97. The first-order valence-electron chi connectivity index (χ1n) is 5.53. The number of hydrazine groups is 1. The van der Waals surface area contributed by atoms with Crippen LogP contribution in [0.2, 0.25) is 0 Å². The van der Waals surface area contributed by atoms with Crippen LogP contribution in [-0.2, 0) is 0 Å². The minimum Gasteiger partial charge on any atom is -0.364 e. The third kappa shape index (κ3) is 3.38. The molecule has 0 aliphatic rings. The van der Waals surface area contributed by atoms with Gasteiger partial charge in [0.05, 0.1) is 18.1 Å². The van der Waals surface area contributed by atoms with Crippen molar-refractivity contribution in [3.8, 4) is 11.3 Å². The highest BCUT2D eigenvalue weighted by atomic mass is 16.7. The summed E-state index contributed by atoms with van der Waals surface area (Å²) < 4.78 is 0. The number of H-pyrrole nitrogens is 1. The van der Waals surface area contributed by atoms with Crippen LogP contribution in [0.4, 0.5) is 0 Å². The third-order valence-corrected chi connectivity index (χ3v) is 2.30. The van der Waals surface area contributed by atoms with Crippen molar-refractivity contribution < 1.29 is 5.03 Å². The van der Waals surface area contributed by atoms with Crippen LogP contribution in [-0.4, -0.2) is 27.4 Å². The molecule has 0 amide bonds. The first kappa shape index (κ1) is 13.2. The van der Waals surface area contributed by atoms with Crippen molar-refractivity contribution in [2.24, 2.45) is 15.9 Å². The topological polar surface area (TPSA) is 135 Å². The van der Waals surface area contributed by atoms with Crippen LogP contribution in [0.3, 0.4) is 0 Å². The highest BCUT2D eigenvalue weighted by molar-refractivity contribution is 5.89. The Morgan fingerprint density at radius 3 is 2.90 bits per heavy atom. The normalized spacial score (nSPS) is 11.7. The largest absolute Gasteiger partial charge is 0.364 e. The molecule has 20 heavy (non-hydrogen) atoms. The molecule has 0 bridgehead atoms. The molecule has 0 spiro atoms. The van der Waals surface area contributed by atoms with Gasteiger partial charge in [-0.05, 0) is 0 Å². The van der Waals surface area contributed by atoms with E-state index >= 15 is 0 Å². The minimum absolute atomic E-state index is 0.406. The summed E-state index contributed by atoms with van der Waals surface area (Å²) in [6, 6.07) is 9.53. The summed E-state index contributed by atoms with van der Waals surface area (Å²) >= 11 is 0. The molecule has 0 saturated heterocycles. The second-order valence-electron chi connectivity index (χ2n) is 3.67. The first-order chi connectivity index (χ1) is 9.66. The predicted molar refractivity (Wildman–Crippen MR) is 73.4 cm³/mol. The van der Waals surface area contributed by atoms with Gasteiger partial charge in [0.25, 0.3) is 5.96 Å². The lowest BCUT2D eigenvalue weighted by Gasteiger charge is -1.97. The van der Waals surface area contributed by atoms with Crippen LogP contribution in [0.5, 0.6) is 0 Å². The van der Waals surface area contributed by atoms with Crippen LogP contribution < -0.4 is 11.2 Å². The van der Waals surface area contributed by atoms with Crippen LogP contribution in [0.25, 0.3) is 11.3 Å². The lowest BCUT2D eigenvalue weighted by molar-refractivity contribution is -0.525. The molecule has 2 rings (SSSR count). The molecule has 1 aromatic carbocycles. The Morgan fingerprint density at radius 1 is 1.45 bits per heavy atom. The Kier molecular flexibility index (Phi) is 4.02. The van der Waals surface area contributed by atoms with E-state index in [0.717, 1.165) is 11.3 Å². The molecule has 1 heterocycles. The van der Waals surface area contributed by atoms with Crippen molar-refractivity contribution in [1.29, 1.82) is 0 Å². The Balaban J connectivity index is 2.16. The number of nitro groups is 1. The van der Waals surface area contributed by atoms with Gasteiger partial charge in [0.15, 0.2) is 5.03 Å². The number of nitrogens with one attached hydrogen (secondary N) is 2. The molecule has 1 aromatic heterocycles. The molecular formula is C11H11N7O2. The fourth-order valence-corrected chi connectivity index (χ4v) is 1.50. The molecule has 2 aromatic rings. The summed E-state index contributed by atoms with van der Waals surface area (Å²) in [4.78, 5) is 10.1. The van der Waals surface area contributed by atoms with E-state index < -0.39 is 11.0 Å². The first-order valence-corrected chi connectivity index (χ1v) is 5.53. The van der Waals surface area contributed by atoms with Crippen molar-refractivity contribution in [2.45, 2.75) is 0 Å². The van der Waals surface area contributed by atoms with E-state index in [9.17, 15) is 10.1 Å². The number of guanidine groups is 1. The van der Waals surface area contributed by atoms with Crippen LogP contribution in [0.1, 0.15) is 5.56 Å². The van der Waals surface area contributed by atoms with E-state index in [1.165, 1.54) is 6.21 Å². The summed E-state index contributed by atoms with van der Waals surface area (Å²) in [5.74, 6) is -0.406. The number of nitrogens with zero attached hydrogens (tertiary/aromatic N) is 4. The molecule has 0 radical (unpaired) electrons. The number of rotatable bonds is 4. The maximum atomic E-state index is 10.1. The van der Waals surface area contributed by atoms with Gasteiger partial charge in [-0.2, -0.15) is 10.2 Å². The van der Waals surface area contributed by atoms with Crippen molar-refractivity contribution in [3.63, 3.8) is 0 Å². The van der Waals surface area contributed by atoms with Gasteiger partial charge in [-0.3, -0.25) is 5.10 Å². The fraction of sp³-hybridized carbons (Fsp3) is 0. The van der Waals surface area contributed by atoms with Gasteiger partial charge in [0.2, 0.25) is 0 Å². The Hall–Kier alpha value is -3.23. The monoisotopic (exact) mass is 273 g/mol. The number of nitrogens with two attached hydrogens (primary N) is 1. The highest BCUT2D eigenvalue weighted by Crippen LogP contribution is 2.18. The summed E-state index contributed by atoms with van der Waals surface area (Å²) in [5, 5.41) is 23.2. The molecule has 0 aliphatic carbocycles. The molecule has 4 N–H and O–H groups in total. The lowest BCUT2D eigenvalue weighted by Crippen LogP contribution is -2.35. The van der Waals surface area contributed by atoms with Gasteiger partial charge in [0, 0.05) is 11.1 Å². The molecule has 9 nitrogen and oxygen atoms in total. The van der Waals surface area contributed by atoms with Gasteiger partial charge >= 0.3 is 0 Å².